The molecule has 0 saturated heterocycles. The molecule has 0 aliphatic heterocycles. The summed E-state index contributed by atoms with van der Waals surface area (Å²) in [5, 5.41) is 4.35. The maximum absolute atomic E-state index is 11.6. The molecule has 0 aliphatic carbocycles. The molecule has 4 nitrogen and oxygen atoms in total. The summed E-state index contributed by atoms with van der Waals surface area (Å²) in [6, 6.07) is 9.72. The monoisotopic (exact) mass is 336 g/mol. The van der Waals surface area contributed by atoms with E-state index in [0.717, 1.165) is 22.3 Å². The predicted molar refractivity (Wildman–Crippen MR) is 81.5 cm³/mol. The number of ether oxygens (including phenoxy) is 1. The summed E-state index contributed by atoms with van der Waals surface area (Å²) in [6.45, 7) is 4.98. The van der Waals surface area contributed by atoms with Gasteiger partial charge in [0, 0.05) is 11.0 Å². The van der Waals surface area contributed by atoms with Crippen LogP contribution in [-0.2, 0) is 11.3 Å². The second kappa shape index (κ2) is 6.22. The molecular formula is C15H17BrN2O2. The van der Waals surface area contributed by atoms with Crippen LogP contribution in [0, 0.1) is 5.92 Å². The molecule has 0 aliphatic rings. The molecule has 0 saturated carbocycles. The van der Waals surface area contributed by atoms with Crippen molar-refractivity contribution >= 4 is 21.9 Å². The first-order chi connectivity index (χ1) is 9.51. The van der Waals surface area contributed by atoms with Gasteiger partial charge in [0.25, 0.3) is 0 Å². The lowest BCUT2D eigenvalue weighted by Crippen LogP contribution is -2.09. The summed E-state index contributed by atoms with van der Waals surface area (Å²) in [6.07, 6.45) is 0. The molecular weight excluding hydrogens is 320 g/mol. The number of halogens is 1. The van der Waals surface area contributed by atoms with E-state index in [0.29, 0.717) is 11.6 Å². The average molecular weight is 337 g/mol. The van der Waals surface area contributed by atoms with Crippen molar-refractivity contribution in [2.24, 2.45) is 5.92 Å². The van der Waals surface area contributed by atoms with Crippen LogP contribution in [-0.4, -0.2) is 22.9 Å². The van der Waals surface area contributed by atoms with E-state index in [1.807, 2.05) is 28.9 Å². The Kier molecular flexibility index (Phi) is 4.60. The van der Waals surface area contributed by atoms with Gasteiger partial charge in [0.2, 0.25) is 0 Å². The first kappa shape index (κ1) is 14.8. The fourth-order valence-electron chi connectivity index (χ4n) is 1.96. The number of hydrogen-bond acceptors (Lipinski definition) is 3. The van der Waals surface area contributed by atoms with E-state index < -0.39 is 5.97 Å². The molecule has 0 N–H and O–H groups in total. The Bertz CT molecular complexity index is 603. The number of hydrogen-bond donors (Lipinski definition) is 0. The first-order valence-corrected chi connectivity index (χ1v) is 7.22. The zero-order valence-electron chi connectivity index (χ0n) is 11.8. The van der Waals surface area contributed by atoms with Crippen LogP contribution in [0.5, 0.6) is 0 Å². The molecule has 5 heteroatoms. The molecule has 0 spiro atoms. The molecule has 0 bridgehead atoms. The largest absolute Gasteiger partial charge is 0.464 e. The van der Waals surface area contributed by atoms with Crippen molar-refractivity contribution in [2.45, 2.75) is 20.4 Å². The van der Waals surface area contributed by atoms with Crippen LogP contribution in [0.15, 0.2) is 34.8 Å². The lowest BCUT2D eigenvalue weighted by Gasteiger charge is -2.09. The second-order valence-electron chi connectivity index (χ2n) is 4.99. The zero-order chi connectivity index (χ0) is 14.7. The fraction of sp³-hybridized carbons (Fsp3) is 0.333. The Balaban J connectivity index is 2.46. The van der Waals surface area contributed by atoms with E-state index >= 15 is 0 Å². The number of benzene rings is 1. The van der Waals surface area contributed by atoms with Crippen LogP contribution in [0.2, 0.25) is 0 Å². The molecule has 0 fully saturated rings. The summed E-state index contributed by atoms with van der Waals surface area (Å²) in [5.41, 5.74) is 2.29. The van der Waals surface area contributed by atoms with Crippen molar-refractivity contribution in [3.05, 3.63) is 40.5 Å². The van der Waals surface area contributed by atoms with Gasteiger partial charge in [-0.3, -0.25) is 4.68 Å². The third-order valence-corrected chi connectivity index (χ3v) is 3.38. The van der Waals surface area contributed by atoms with E-state index in [4.69, 9.17) is 4.74 Å². The van der Waals surface area contributed by atoms with Crippen LogP contribution < -0.4 is 0 Å². The predicted octanol–water partition coefficient (Wildman–Crippen LogP) is 3.76. The maximum Gasteiger partial charge on any atom is 0.358 e. The third kappa shape index (κ3) is 3.28. The fourth-order valence-corrected chi connectivity index (χ4v) is 2.22. The normalized spacial score (nSPS) is 10.8. The number of carbonyl (C=O) groups is 1. The first-order valence-electron chi connectivity index (χ1n) is 6.43. The van der Waals surface area contributed by atoms with Gasteiger partial charge < -0.3 is 4.74 Å². The summed E-state index contributed by atoms with van der Waals surface area (Å²) in [4.78, 5) is 11.6. The number of methoxy groups -OCH3 is 1. The average Bonchev–Trinajstić information content (AvgIpc) is 2.82. The Morgan fingerprint density at radius 2 is 2.00 bits per heavy atom. The lowest BCUT2D eigenvalue weighted by molar-refractivity contribution is 0.0592. The molecule has 106 valence electrons. The highest BCUT2D eigenvalue weighted by Gasteiger charge is 2.16. The third-order valence-electron chi connectivity index (χ3n) is 2.85. The molecule has 20 heavy (non-hydrogen) atoms. The SMILES string of the molecule is COC(=O)c1cc(-c2ccc(Br)cc2)n(CC(C)C)n1. The molecule has 0 radical (unpaired) electrons. The number of aromatic nitrogens is 2. The molecule has 1 aromatic carbocycles. The Morgan fingerprint density at radius 3 is 2.55 bits per heavy atom. The molecule has 1 heterocycles. The van der Waals surface area contributed by atoms with Crippen molar-refractivity contribution in [2.75, 3.05) is 7.11 Å². The van der Waals surface area contributed by atoms with Crippen molar-refractivity contribution in [1.82, 2.24) is 9.78 Å². The van der Waals surface area contributed by atoms with Crippen molar-refractivity contribution in [3.63, 3.8) is 0 Å². The van der Waals surface area contributed by atoms with Gasteiger partial charge in [0.05, 0.1) is 12.8 Å². The van der Waals surface area contributed by atoms with E-state index in [1.54, 1.807) is 6.07 Å². The highest BCUT2D eigenvalue weighted by atomic mass is 79.9. The number of rotatable bonds is 4. The second-order valence-corrected chi connectivity index (χ2v) is 5.90. The lowest BCUT2D eigenvalue weighted by atomic mass is 10.1. The van der Waals surface area contributed by atoms with Gasteiger partial charge in [-0.25, -0.2) is 4.79 Å². The molecule has 0 unspecified atom stereocenters. The van der Waals surface area contributed by atoms with Gasteiger partial charge in [0.1, 0.15) is 0 Å². The Labute approximate surface area is 126 Å². The van der Waals surface area contributed by atoms with Gasteiger partial charge in [0.15, 0.2) is 5.69 Å². The highest BCUT2D eigenvalue weighted by Crippen LogP contribution is 2.24. The minimum Gasteiger partial charge on any atom is -0.464 e. The number of carbonyl (C=O) groups excluding carboxylic acids is 1. The number of nitrogens with zero attached hydrogens (tertiary/aromatic N) is 2. The Morgan fingerprint density at radius 1 is 1.35 bits per heavy atom. The van der Waals surface area contributed by atoms with Gasteiger partial charge in [-0.2, -0.15) is 5.10 Å². The topological polar surface area (TPSA) is 44.1 Å². The van der Waals surface area contributed by atoms with Crippen LogP contribution in [0.3, 0.4) is 0 Å². The summed E-state index contributed by atoms with van der Waals surface area (Å²) >= 11 is 3.42. The standard InChI is InChI=1S/C15H17BrN2O2/c1-10(2)9-18-14(8-13(17-18)15(19)20-3)11-4-6-12(16)7-5-11/h4-8,10H,9H2,1-3H3. The van der Waals surface area contributed by atoms with Crippen LogP contribution in [0.1, 0.15) is 24.3 Å². The molecule has 2 rings (SSSR count). The van der Waals surface area contributed by atoms with Crippen LogP contribution in [0.25, 0.3) is 11.3 Å². The van der Waals surface area contributed by atoms with Crippen LogP contribution in [0.4, 0.5) is 0 Å². The summed E-state index contributed by atoms with van der Waals surface area (Å²) in [5.74, 6) is 0.0282. The van der Waals surface area contributed by atoms with Crippen molar-refractivity contribution in [3.8, 4) is 11.3 Å². The van der Waals surface area contributed by atoms with Gasteiger partial charge in [-0.05, 0) is 29.7 Å². The quantitative estimate of drug-likeness (QED) is 0.798. The van der Waals surface area contributed by atoms with Crippen molar-refractivity contribution in [1.29, 1.82) is 0 Å². The molecule has 0 atom stereocenters. The molecule has 0 amide bonds. The van der Waals surface area contributed by atoms with E-state index in [-0.39, 0.29) is 0 Å². The Hall–Kier alpha value is -1.62. The van der Waals surface area contributed by atoms with E-state index in [9.17, 15) is 4.79 Å². The number of esters is 1. The maximum atomic E-state index is 11.6. The van der Waals surface area contributed by atoms with E-state index in [2.05, 4.69) is 34.9 Å². The molecule has 1 aromatic heterocycles. The van der Waals surface area contributed by atoms with Crippen LogP contribution >= 0.6 is 15.9 Å². The minimum atomic E-state index is -0.411. The van der Waals surface area contributed by atoms with E-state index in [1.165, 1.54) is 7.11 Å². The van der Waals surface area contributed by atoms with Gasteiger partial charge in [-0.1, -0.05) is 41.9 Å². The zero-order valence-corrected chi connectivity index (χ0v) is 13.3. The summed E-state index contributed by atoms with van der Waals surface area (Å²) < 4.78 is 7.62. The van der Waals surface area contributed by atoms with Gasteiger partial charge >= 0.3 is 5.97 Å². The smallest absolute Gasteiger partial charge is 0.358 e. The minimum absolute atomic E-state index is 0.339. The van der Waals surface area contributed by atoms with Crippen molar-refractivity contribution < 1.29 is 9.53 Å². The molecule has 2 aromatic rings. The summed E-state index contributed by atoms with van der Waals surface area (Å²) in [7, 11) is 1.36. The highest BCUT2D eigenvalue weighted by molar-refractivity contribution is 9.10. The van der Waals surface area contributed by atoms with Gasteiger partial charge in [-0.15, -0.1) is 0 Å².